The Morgan fingerprint density at radius 2 is 1.53 bits per heavy atom. The highest BCUT2D eigenvalue weighted by Crippen LogP contribution is 2.20. The number of halogens is 1. The minimum atomic E-state index is 0.565. The van der Waals surface area contributed by atoms with Gasteiger partial charge in [-0.25, -0.2) is 0 Å². The molecule has 0 unspecified atom stereocenters. The van der Waals surface area contributed by atoms with Crippen molar-refractivity contribution in [3.63, 3.8) is 0 Å². The molecule has 0 bridgehead atoms. The zero-order valence-electron chi connectivity index (χ0n) is 11.5. The van der Waals surface area contributed by atoms with Crippen LogP contribution in [-0.2, 0) is 6.61 Å². The third-order valence-corrected chi connectivity index (χ3v) is 3.37. The Hall–Kier alpha value is -1.12. The van der Waals surface area contributed by atoms with Gasteiger partial charge in [-0.1, -0.05) is 37.6 Å². The molecule has 2 aromatic carbocycles. The van der Waals surface area contributed by atoms with Crippen LogP contribution in [0.1, 0.15) is 19.4 Å². The van der Waals surface area contributed by atoms with E-state index in [-0.39, 0.29) is 0 Å². The van der Waals surface area contributed by atoms with Gasteiger partial charge in [-0.2, -0.15) is 0 Å². The number of thioether (sulfide) groups is 1. The first-order valence-corrected chi connectivity index (χ1v) is 7.89. The molecule has 0 atom stereocenters. The molecule has 0 fully saturated rings. The summed E-state index contributed by atoms with van der Waals surface area (Å²) in [6.45, 7) is 4.57. The molecule has 0 aliphatic carbocycles. The third-order valence-electron chi connectivity index (χ3n) is 2.38. The largest absolute Gasteiger partial charge is 0.489 e. The SMILES string of the molecule is CC.CSc1ccc(OCc2ccc(Cl)cc2)cc1. The number of hydrogen-bond donors (Lipinski definition) is 0. The molecule has 0 radical (unpaired) electrons. The van der Waals surface area contributed by atoms with Crippen molar-refractivity contribution in [1.29, 1.82) is 0 Å². The lowest BCUT2D eigenvalue weighted by molar-refractivity contribution is 0.306. The third kappa shape index (κ3) is 5.58. The van der Waals surface area contributed by atoms with E-state index in [0.29, 0.717) is 6.61 Å². The number of ether oxygens (including phenoxy) is 1. The van der Waals surface area contributed by atoms with Crippen LogP contribution in [0.2, 0.25) is 5.02 Å². The summed E-state index contributed by atoms with van der Waals surface area (Å²) < 4.78 is 5.68. The first-order chi connectivity index (χ1) is 9.28. The molecule has 102 valence electrons. The van der Waals surface area contributed by atoms with E-state index in [1.54, 1.807) is 11.8 Å². The van der Waals surface area contributed by atoms with Gasteiger partial charge in [0.15, 0.2) is 0 Å². The van der Waals surface area contributed by atoms with Gasteiger partial charge in [0.2, 0.25) is 0 Å². The maximum absolute atomic E-state index is 5.82. The summed E-state index contributed by atoms with van der Waals surface area (Å²) in [7, 11) is 0. The zero-order chi connectivity index (χ0) is 14.1. The first kappa shape index (κ1) is 15.9. The lowest BCUT2D eigenvalue weighted by atomic mass is 10.2. The normalized spacial score (nSPS) is 9.47. The van der Waals surface area contributed by atoms with Crippen LogP contribution < -0.4 is 4.74 Å². The maximum Gasteiger partial charge on any atom is 0.119 e. The first-order valence-electron chi connectivity index (χ1n) is 6.29. The Balaban J connectivity index is 0.000000861. The van der Waals surface area contributed by atoms with E-state index in [9.17, 15) is 0 Å². The van der Waals surface area contributed by atoms with Gasteiger partial charge >= 0.3 is 0 Å². The zero-order valence-corrected chi connectivity index (χ0v) is 13.1. The fraction of sp³-hybridized carbons (Fsp3) is 0.250. The van der Waals surface area contributed by atoms with Crippen LogP contribution in [0.4, 0.5) is 0 Å². The highest BCUT2D eigenvalue weighted by Gasteiger charge is 1.97. The molecule has 1 nitrogen and oxygen atoms in total. The summed E-state index contributed by atoms with van der Waals surface area (Å²) in [5.74, 6) is 0.887. The highest BCUT2D eigenvalue weighted by atomic mass is 35.5. The maximum atomic E-state index is 5.82. The van der Waals surface area contributed by atoms with Crippen LogP contribution in [0.25, 0.3) is 0 Å². The summed E-state index contributed by atoms with van der Waals surface area (Å²) in [6, 6.07) is 15.8. The molecule has 0 aliphatic rings. The topological polar surface area (TPSA) is 9.23 Å². The Morgan fingerprint density at radius 3 is 2.05 bits per heavy atom. The monoisotopic (exact) mass is 294 g/mol. The van der Waals surface area contributed by atoms with Gasteiger partial charge < -0.3 is 4.74 Å². The fourth-order valence-corrected chi connectivity index (χ4v) is 1.95. The van der Waals surface area contributed by atoms with Crippen molar-refractivity contribution in [1.82, 2.24) is 0 Å². The molecule has 0 amide bonds. The molecule has 0 spiro atoms. The molecule has 0 saturated carbocycles. The van der Waals surface area contributed by atoms with Crippen LogP contribution in [0, 0.1) is 0 Å². The molecule has 0 N–H and O–H groups in total. The Labute approximate surface area is 124 Å². The van der Waals surface area contributed by atoms with Crippen molar-refractivity contribution >= 4 is 23.4 Å². The van der Waals surface area contributed by atoms with Gasteiger partial charge in [-0.05, 0) is 48.2 Å². The number of benzene rings is 2. The van der Waals surface area contributed by atoms with Gasteiger partial charge in [0.1, 0.15) is 12.4 Å². The average Bonchev–Trinajstić information content (AvgIpc) is 2.49. The Bertz CT molecular complexity index is 465. The smallest absolute Gasteiger partial charge is 0.119 e. The molecule has 2 rings (SSSR count). The molecule has 0 aliphatic heterocycles. The lowest BCUT2D eigenvalue weighted by Gasteiger charge is -2.06. The summed E-state index contributed by atoms with van der Waals surface area (Å²) in [6.07, 6.45) is 2.06. The Morgan fingerprint density at radius 1 is 0.947 bits per heavy atom. The van der Waals surface area contributed by atoms with E-state index in [4.69, 9.17) is 16.3 Å². The van der Waals surface area contributed by atoms with Crippen molar-refractivity contribution in [2.75, 3.05) is 6.26 Å². The molecular formula is C16H19ClOS. The summed E-state index contributed by atoms with van der Waals surface area (Å²) in [5, 5.41) is 0.748. The van der Waals surface area contributed by atoms with Crippen LogP contribution in [-0.4, -0.2) is 6.26 Å². The fourth-order valence-electron chi connectivity index (χ4n) is 1.42. The molecular weight excluding hydrogens is 276 g/mol. The molecule has 0 saturated heterocycles. The molecule has 0 heterocycles. The average molecular weight is 295 g/mol. The van der Waals surface area contributed by atoms with Crippen LogP contribution >= 0.6 is 23.4 Å². The summed E-state index contributed by atoms with van der Waals surface area (Å²) >= 11 is 7.54. The predicted octanol–water partition coefficient (Wildman–Crippen LogP) is 5.67. The lowest BCUT2D eigenvalue weighted by Crippen LogP contribution is -1.94. The predicted molar refractivity (Wildman–Crippen MR) is 85.4 cm³/mol. The van der Waals surface area contributed by atoms with E-state index < -0.39 is 0 Å². The second-order valence-corrected chi connectivity index (χ2v) is 4.91. The van der Waals surface area contributed by atoms with Crippen molar-refractivity contribution < 1.29 is 4.74 Å². The second kappa shape index (κ2) is 8.89. The second-order valence-electron chi connectivity index (χ2n) is 3.59. The van der Waals surface area contributed by atoms with Gasteiger partial charge in [0.25, 0.3) is 0 Å². The van der Waals surface area contributed by atoms with Crippen LogP contribution in [0.3, 0.4) is 0 Å². The minimum absolute atomic E-state index is 0.565. The van der Waals surface area contributed by atoms with Gasteiger partial charge in [0, 0.05) is 9.92 Å². The number of rotatable bonds is 4. The van der Waals surface area contributed by atoms with Crippen molar-refractivity contribution in [3.8, 4) is 5.75 Å². The molecule has 0 aromatic heterocycles. The van der Waals surface area contributed by atoms with E-state index in [1.807, 2.05) is 50.2 Å². The standard InChI is InChI=1S/C14H13ClOS.C2H6/c1-17-14-8-6-13(7-9-14)16-10-11-2-4-12(15)5-3-11;1-2/h2-9H,10H2,1H3;1-2H3. The van der Waals surface area contributed by atoms with E-state index >= 15 is 0 Å². The van der Waals surface area contributed by atoms with Crippen molar-refractivity contribution in [3.05, 3.63) is 59.1 Å². The highest BCUT2D eigenvalue weighted by molar-refractivity contribution is 7.98. The van der Waals surface area contributed by atoms with Crippen molar-refractivity contribution in [2.24, 2.45) is 0 Å². The van der Waals surface area contributed by atoms with Crippen molar-refractivity contribution in [2.45, 2.75) is 25.3 Å². The minimum Gasteiger partial charge on any atom is -0.489 e. The summed E-state index contributed by atoms with van der Waals surface area (Å²) in [5.41, 5.74) is 1.11. The molecule has 3 heteroatoms. The van der Waals surface area contributed by atoms with Gasteiger partial charge in [0.05, 0.1) is 0 Å². The van der Waals surface area contributed by atoms with Gasteiger partial charge in [-0.3, -0.25) is 0 Å². The van der Waals surface area contributed by atoms with Crippen LogP contribution in [0.15, 0.2) is 53.4 Å². The quantitative estimate of drug-likeness (QED) is 0.672. The molecule has 19 heavy (non-hydrogen) atoms. The van der Waals surface area contributed by atoms with Crippen LogP contribution in [0.5, 0.6) is 5.75 Å². The van der Waals surface area contributed by atoms with E-state index in [2.05, 4.69) is 18.4 Å². The van der Waals surface area contributed by atoms with E-state index in [0.717, 1.165) is 16.3 Å². The Kier molecular flexibility index (Phi) is 7.46. The number of hydrogen-bond acceptors (Lipinski definition) is 2. The summed E-state index contributed by atoms with van der Waals surface area (Å²) in [4.78, 5) is 1.24. The van der Waals surface area contributed by atoms with E-state index in [1.165, 1.54) is 4.90 Å². The van der Waals surface area contributed by atoms with Gasteiger partial charge in [-0.15, -0.1) is 11.8 Å². The molecule has 2 aromatic rings.